The van der Waals surface area contributed by atoms with Crippen molar-refractivity contribution >= 4 is 35.0 Å². The number of amides is 1. The van der Waals surface area contributed by atoms with E-state index in [0.717, 1.165) is 22.3 Å². The van der Waals surface area contributed by atoms with E-state index in [9.17, 15) is 14.0 Å². The number of thiophene rings is 1. The normalized spacial score (nSPS) is 10.7. The van der Waals surface area contributed by atoms with Crippen molar-refractivity contribution in [1.29, 1.82) is 0 Å². The van der Waals surface area contributed by atoms with Crippen LogP contribution in [-0.2, 0) is 20.9 Å². The SMILES string of the molecule is O=C(COC(=O)CSc1nnc(-c2ccc(F)cc2)n1-c1ccccc1)NCc1cccs1. The molecule has 10 heteroatoms. The Balaban J connectivity index is 1.40. The van der Waals surface area contributed by atoms with Crippen LogP contribution in [0.5, 0.6) is 0 Å². The van der Waals surface area contributed by atoms with E-state index in [-0.39, 0.29) is 24.1 Å². The molecule has 0 atom stereocenters. The minimum Gasteiger partial charge on any atom is -0.455 e. The molecule has 1 N–H and O–H groups in total. The van der Waals surface area contributed by atoms with Gasteiger partial charge in [0, 0.05) is 16.1 Å². The summed E-state index contributed by atoms with van der Waals surface area (Å²) in [6, 6.07) is 19.2. The van der Waals surface area contributed by atoms with E-state index >= 15 is 0 Å². The monoisotopic (exact) mass is 482 g/mol. The fourth-order valence-electron chi connectivity index (χ4n) is 2.92. The number of carbonyl (C=O) groups is 2. The van der Waals surface area contributed by atoms with Gasteiger partial charge in [-0.15, -0.1) is 21.5 Å². The summed E-state index contributed by atoms with van der Waals surface area (Å²) in [4.78, 5) is 25.1. The highest BCUT2D eigenvalue weighted by Crippen LogP contribution is 2.28. The largest absolute Gasteiger partial charge is 0.455 e. The molecule has 0 saturated carbocycles. The highest BCUT2D eigenvalue weighted by molar-refractivity contribution is 7.99. The van der Waals surface area contributed by atoms with Gasteiger partial charge in [0.25, 0.3) is 5.91 Å². The third-order valence-electron chi connectivity index (χ3n) is 4.47. The maximum Gasteiger partial charge on any atom is 0.316 e. The van der Waals surface area contributed by atoms with Crippen molar-refractivity contribution in [3.8, 4) is 17.1 Å². The molecule has 0 aliphatic carbocycles. The molecule has 33 heavy (non-hydrogen) atoms. The lowest BCUT2D eigenvalue weighted by Gasteiger charge is -2.10. The Hall–Kier alpha value is -3.50. The minimum absolute atomic E-state index is 0.0490. The van der Waals surface area contributed by atoms with E-state index in [1.54, 1.807) is 16.7 Å². The number of ether oxygens (including phenoxy) is 1. The Kier molecular flexibility index (Phi) is 7.48. The van der Waals surface area contributed by atoms with Crippen molar-refractivity contribution in [2.75, 3.05) is 12.4 Å². The first-order valence-corrected chi connectivity index (χ1v) is 11.8. The van der Waals surface area contributed by atoms with E-state index in [0.29, 0.717) is 23.1 Å². The lowest BCUT2D eigenvalue weighted by atomic mass is 10.2. The number of esters is 1. The van der Waals surface area contributed by atoms with Crippen LogP contribution in [0.25, 0.3) is 17.1 Å². The van der Waals surface area contributed by atoms with Gasteiger partial charge in [0.05, 0.1) is 12.3 Å². The fraction of sp³-hybridized carbons (Fsp3) is 0.130. The maximum atomic E-state index is 13.4. The van der Waals surface area contributed by atoms with Crippen molar-refractivity contribution in [2.45, 2.75) is 11.7 Å². The zero-order valence-electron chi connectivity index (χ0n) is 17.3. The van der Waals surface area contributed by atoms with Crippen LogP contribution in [0.2, 0.25) is 0 Å². The molecule has 0 fully saturated rings. The number of hydrogen-bond acceptors (Lipinski definition) is 7. The molecular formula is C23H19FN4O3S2. The van der Waals surface area contributed by atoms with E-state index in [1.165, 1.54) is 23.5 Å². The molecule has 7 nitrogen and oxygen atoms in total. The number of nitrogens with one attached hydrogen (secondary N) is 1. The number of thioether (sulfide) groups is 1. The first-order valence-electron chi connectivity index (χ1n) is 9.94. The third-order valence-corrected chi connectivity index (χ3v) is 6.25. The van der Waals surface area contributed by atoms with Gasteiger partial charge in [-0.3, -0.25) is 14.2 Å². The zero-order valence-corrected chi connectivity index (χ0v) is 18.9. The van der Waals surface area contributed by atoms with Crippen LogP contribution >= 0.6 is 23.1 Å². The first-order chi connectivity index (χ1) is 16.1. The van der Waals surface area contributed by atoms with Crippen LogP contribution in [0.1, 0.15) is 4.88 Å². The number of carbonyl (C=O) groups excluding carboxylic acids is 2. The van der Waals surface area contributed by atoms with Crippen molar-refractivity contribution in [3.05, 3.63) is 82.8 Å². The van der Waals surface area contributed by atoms with Gasteiger partial charge >= 0.3 is 5.97 Å². The number of para-hydroxylation sites is 1. The molecule has 0 aliphatic rings. The predicted molar refractivity (Wildman–Crippen MR) is 125 cm³/mol. The van der Waals surface area contributed by atoms with Crippen LogP contribution in [0.15, 0.2) is 77.3 Å². The summed E-state index contributed by atoms with van der Waals surface area (Å²) in [5, 5.41) is 13.6. The van der Waals surface area contributed by atoms with Crippen LogP contribution in [0.4, 0.5) is 4.39 Å². The summed E-state index contributed by atoms with van der Waals surface area (Å²) < 4.78 is 20.2. The maximum absolute atomic E-state index is 13.4. The molecule has 2 aromatic heterocycles. The molecule has 4 rings (SSSR count). The van der Waals surface area contributed by atoms with Gasteiger partial charge in [-0.25, -0.2) is 4.39 Å². The number of hydrogen-bond donors (Lipinski definition) is 1. The van der Waals surface area contributed by atoms with Gasteiger partial charge in [-0.1, -0.05) is 36.0 Å². The highest BCUT2D eigenvalue weighted by atomic mass is 32.2. The molecule has 2 heterocycles. The number of rotatable bonds is 9. The van der Waals surface area contributed by atoms with Gasteiger partial charge in [-0.05, 0) is 47.8 Å². The zero-order chi connectivity index (χ0) is 23.0. The second-order valence-electron chi connectivity index (χ2n) is 6.79. The molecule has 4 aromatic rings. The average molecular weight is 483 g/mol. The lowest BCUT2D eigenvalue weighted by Crippen LogP contribution is -2.28. The van der Waals surface area contributed by atoms with E-state index in [4.69, 9.17) is 4.74 Å². The molecule has 0 unspecified atom stereocenters. The van der Waals surface area contributed by atoms with Gasteiger partial charge in [0.1, 0.15) is 5.82 Å². The number of nitrogens with zero attached hydrogens (tertiary/aromatic N) is 3. The quantitative estimate of drug-likeness (QED) is 0.286. The summed E-state index contributed by atoms with van der Waals surface area (Å²) in [6.45, 7) is 0.0477. The van der Waals surface area contributed by atoms with Crippen LogP contribution < -0.4 is 5.32 Å². The molecule has 0 saturated heterocycles. The average Bonchev–Trinajstić information content (AvgIpc) is 3.51. The molecule has 0 radical (unpaired) electrons. The molecular weight excluding hydrogens is 463 g/mol. The summed E-state index contributed by atoms with van der Waals surface area (Å²) in [5.41, 5.74) is 1.48. The Morgan fingerprint density at radius 2 is 1.82 bits per heavy atom. The Morgan fingerprint density at radius 1 is 1.03 bits per heavy atom. The van der Waals surface area contributed by atoms with Crippen LogP contribution in [-0.4, -0.2) is 39.0 Å². The van der Waals surface area contributed by atoms with Crippen molar-refractivity contribution < 1.29 is 18.7 Å². The molecule has 0 aliphatic heterocycles. The molecule has 0 spiro atoms. The molecule has 0 bridgehead atoms. The van der Waals surface area contributed by atoms with E-state index in [1.807, 2.05) is 47.8 Å². The first kappa shape index (κ1) is 22.7. The molecule has 1 amide bonds. The lowest BCUT2D eigenvalue weighted by molar-refractivity contribution is -0.145. The topological polar surface area (TPSA) is 86.1 Å². The van der Waals surface area contributed by atoms with Crippen LogP contribution in [0.3, 0.4) is 0 Å². The fourth-order valence-corrected chi connectivity index (χ4v) is 4.31. The Bertz CT molecular complexity index is 1210. The van der Waals surface area contributed by atoms with Crippen molar-refractivity contribution in [1.82, 2.24) is 20.1 Å². The van der Waals surface area contributed by atoms with Gasteiger partial charge in [0.2, 0.25) is 0 Å². The van der Waals surface area contributed by atoms with Gasteiger partial charge < -0.3 is 10.1 Å². The smallest absolute Gasteiger partial charge is 0.316 e. The third kappa shape index (κ3) is 6.05. The predicted octanol–water partition coefficient (Wildman–Crippen LogP) is 4.09. The second kappa shape index (κ2) is 10.9. The van der Waals surface area contributed by atoms with Crippen molar-refractivity contribution in [3.63, 3.8) is 0 Å². The van der Waals surface area contributed by atoms with Crippen molar-refractivity contribution in [2.24, 2.45) is 0 Å². The Labute approximate surface area is 197 Å². The van der Waals surface area contributed by atoms with E-state index in [2.05, 4.69) is 15.5 Å². The van der Waals surface area contributed by atoms with Gasteiger partial charge in [0.15, 0.2) is 17.6 Å². The number of benzene rings is 2. The minimum atomic E-state index is -0.544. The molecule has 168 valence electrons. The summed E-state index contributed by atoms with van der Waals surface area (Å²) in [5.74, 6) is -0.789. The summed E-state index contributed by atoms with van der Waals surface area (Å²) >= 11 is 2.68. The van der Waals surface area contributed by atoms with E-state index < -0.39 is 5.97 Å². The van der Waals surface area contributed by atoms with Crippen LogP contribution in [0, 0.1) is 5.82 Å². The van der Waals surface area contributed by atoms with Gasteiger partial charge in [-0.2, -0.15) is 0 Å². The number of halogens is 1. The Morgan fingerprint density at radius 3 is 2.55 bits per heavy atom. The molecule has 2 aromatic carbocycles. The number of aromatic nitrogens is 3. The summed E-state index contributed by atoms with van der Waals surface area (Å²) in [7, 11) is 0. The standard InChI is InChI=1S/C23H19FN4O3S2/c24-17-10-8-16(9-11-17)22-26-27-23(28(22)18-5-2-1-3-6-18)33-15-21(30)31-14-20(29)25-13-19-7-4-12-32-19/h1-12H,13-15H2,(H,25,29). The highest BCUT2D eigenvalue weighted by Gasteiger charge is 2.18. The summed E-state index contributed by atoms with van der Waals surface area (Å²) in [6.07, 6.45) is 0. The second-order valence-corrected chi connectivity index (χ2v) is 8.76.